The van der Waals surface area contributed by atoms with Crippen LogP contribution in [0.1, 0.15) is 0 Å². The molecule has 0 unspecified atom stereocenters. The average Bonchev–Trinajstić information content (AvgIpc) is 3.49. The number of rotatable bonds is 4. The van der Waals surface area contributed by atoms with Crippen LogP contribution in [0.15, 0.2) is 164 Å². The summed E-state index contributed by atoms with van der Waals surface area (Å²) in [6.07, 6.45) is 0. The second-order valence-corrected chi connectivity index (χ2v) is 13.5. The molecule has 0 atom stereocenters. The Kier molecular flexibility index (Phi) is 5.82. The topological polar surface area (TPSA) is 17.3 Å². The first-order valence-corrected chi connectivity index (χ1v) is 16.3. The largest absolute Gasteiger partial charge is 0.292 e. The van der Waals surface area contributed by atoms with Crippen LogP contribution >= 0.6 is 7.92 Å². The molecule has 2 nitrogen and oxygen atoms in total. The van der Waals surface area contributed by atoms with E-state index in [1.54, 1.807) is 0 Å². The van der Waals surface area contributed by atoms with Crippen LogP contribution in [0.3, 0.4) is 0 Å². The van der Waals surface area contributed by atoms with E-state index in [1.165, 1.54) is 59.5 Å². The van der Waals surface area contributed by atoms with Gasteiger partial charge in [-0.05, 0) is 81.5 Å². The molecule has 2 aromatic heterocycles. The molecule has 0 amide bonds. The van der Waals surface area contributed by atoms with Crippen LogP contribution in [-0.2, 0) is 0 Å². The Hall–Kier alpha value is -5.30. The Morgan fingerprint density at radius 2 is 1.02 bits per heavy atom. The van der Waals surface area contributed by atoms with E-state index in [1.807, 2.05) is 0 Å². The monoisotopic (exact) mass is 578 g/mol. The number of nitrogens with zero attached hydrogens (tertiary/aromatic N) is 2. The summed E-state index contributed by atoms with van der Waals surface area (Å²) < 4.78 is 2.33. The number of fused-ring (bicyclic) bond motifs is 9. The molecule has 0 aliphatic rings. The summed E-state index contributed by atoms with van der Waals surface area (Å²) in [7, 11) is -0.641. The fraction of sp³-hybridized carbons (Fsp3) is 0. The molecule has 2 heterocycles. The first kappa shape index (κ1) is 25.2. The van der Waals surface area contributed by atoms with Gasteiger partial charge in [0.1, 0.15) is 5.65 Å². The lowest BCUT2D eigenvalue weighted by Crippen LogP contribution is -2.20. The lowest BCUT2D eigenvalue weighted by Gasteiger charge is -2.20. The molecule has 0 bridgehead atoms. The molecule has 3 heteroatoms. The normalized spacial score (nSPS) is 11.8. The van der Waals surface area contributed by atoms with Gasteiger partial charge in [-0.1, -0.05) is 133 Å². The van der Waals surface area contributed by atoms with E-state index in [-0.39, 0.29) is 0 Å². The molecule has 0 aliphatic heterocycles. The summed E-state index contributed by atoms with van der Waals surface area (Å²) in [5, 5.41) is 10.3. The van der Waals surface area contributed by atoms with Gasteiger partial charge < -0.3 is 0 Å². The number of imidazole rings is 1. The van der Waals surface area contributed by atoms with Gasteiger partial charge in [-0.25, -0.2) is 4.98 Å². The molecule has 44 heavy (non-hydrogen) atoms. The molecule has 9 rings (SSSR count). The number of aromatic nitrogens is 2. The summed E-state index contributed by atoms with van der Waals surface area (Å²) >= 11 is 0. The van der Waals surface area contributed by atoms with E-state index >= 15 is 0 Å². The van der Waals surface area contributed by atoms with Crippen LogP contribution in [0.25, 0.3) is 60.3 Å². The Bertz CT molecular complexity index is 2460. The first-order chi connectivity index (χ1) is 21.8. The molecule has 0 fully saturated rings. The van der Waals surface area contributed by atoms with Crippen LogP contribution < -0.4 is 15.9 Å². The van der Waals surface area contributed by atoms with Gasteiger partial charge in [0.05, 0.1) is 16.6 Å². The van der Waals surface area contributed by atoms with Crippen molar-refractivity contribution in [2.75, 3.05) is 0 Å². The van der Waals surface area contributed by atoms with E-state index in [4.69, 9.17) is 4.98 Å². The van der Waals surface area contributed by atoms with E-state index in [2.05, 4.69) is 168 Å². The maximum atomic E-state index is 5.07. The highest BCUT2D eigenvalue weighted by Crippen LogP contribution is 2.37. The smallest absolute Gasteiger partial charge is 0.146 e. The standard InChI is InChI=1S/C41H27N2P/c1-3-11-32(12-4-1)44(33-13-5-2-6-14-33)34-23-21-29-25-28(19-20-30(29)26-34)31-22-24-36-35-15-7-8-16-37(35)41-42-38-17-9-10-18-39(38)43(41)40(36)27-31/h1-27H. The summed E-state index contributed by atoms with van der Waals surface area (Å²) in [5.41, 5.74) is 6.75. The molecule has 7 aromatic carbocycles. The third-order valence-corrected chi connectivity index (χ3v) is 11.1. The second kappa shape index (κ2) is 10.2. The van der Waals surface area contributed by atoms with Crippen LogP contribution in [0.4, 0.5) is 0 Å². The highest BCUT2D eigenvalue weighted by atomic mass is 31.1. The SMILES string of the molecule is c1ccc(P(c2ccccc2)c2ccc3cc(-c4ccc5c6ccccc6c6nc7ccccc7n6c5c4)ccc3c2)cc1. The molecule has 0 radical (unpaired) electrons. The van der Waals surface area contributed by atoms with Gasteiger partial charge in [0.15, 0.2) is 0 Å². The van der Waals surface area contributed by atoms with Crippen LogP contribution in [0, 0.1) is 0 Å². The Morgan fingerprint density at radius 1 is 0.409 bits per heavy atom. The van der Waals surface area contributed by atoms with Crippen LogP contribution in [-0.4, -0.2) is 9.38 Å². The fourth-order valence-electron chi connectivity index (χ4n) is 6.64. The van der Waals surface area contributed by atoms with Gasteiger partial charge in [-0.2, -0.15) is 0 Å². The van der Waals surface area contributed by atoms with E-state index in [0.717, 1.165) is 16.7 Å². The lowest BCUT2D eigenvalue weighted by atomic mass is 9.98. The van der Waals surface area contributed by atoms with Crippen LogP contribution in [0.5, 0.6) is 0 Å². The van der Waals surface area contributed by atoms with Crippen molar-refractivity contribution in [1.82, 2.24) is 9.38 Å². The van der Waals surface area contributed by atoms with E-state index in [9.17, 15) is 0 Å². The van der Waals surface area contributed by atoms with Crippen molar-refractivity contribution >= 4 is 73.0 Å². The maximum Gasteiger partial charge on any atom is 0.146 e. The van der Waals surface area contributed by atoms with E-state index in [0.29, 0.717) is 0 Å². The average molecular weight is 579 g/mol. The highest BCUT2D eigenvalue weighted by molar-refractivity contribution is 7.79. The van der Waals surface area contributed by atoms with Gasteiger partial charge in [-0.15, -0.1) is 0 Å². The zero-order valence-corrected chi connectivity index (χ0v) is 24.8. The molecular formula is C41H27N2P. The second-order valence-electron chi connectivity index (χ2n) is 11.3. The predicted molar refractivity (Wildman–Crippen MR) is 189 cm³/mol. The molecule has 0 N–H and O–H groups in total. The summed E-state index contributed by atoms with van der Waals surface area (Å²) in [5.74, 6) is 0. The Morgan fingerprint density at radius 3 is 1.82 bits per heavy atom. The molecule has 0 aliphatic carbocycles. The summed E-state index contributed by atoms with van der Waals surface area (Å²) in [6.45, 7) is 0. The third-order valence-electron chi connectivity index (χ3n) is 8.70. The number of para-hydroxylation sites is 2. The van der Waals surface area contributed by atoms with Crippen molar-refractivity contribution in [1.29, 1.82) is 0 Å². The van der Waals surface area contributed by atoms with Crippen molar-refractivity contribution in [2.24, 2.45) is 0 Å². The zero-order valence-electron chi connectivity index (χ0n) is 23.9. The maximum absolute atomic E-state index is 5.07. The zero-order chi connectivity index (χ0) is 29.0. The molecule has 206 valence electrons. The van der Waals surface area contributed by atoms with Gasteiger partial charge in [-0.3, -0.25) is 4.40 Å². The molecule has 0 spiro atoms. The number of benzene rings is 7. The first-order valence-electron chi connectivity index (χ1n) is 15.0. The van der Waals surface area contributed by atoms with Gasteiger partial charge in [0.25, 0.3) is 0 Å². The van der Waals surface area contributed by atoms with Gasteiger partial charge in [0.2, 0.25) is 0 Å². The molecule has 9 aromatic rings. The summed E-state index contributed by atoms with van der Waals surface area (Å²) in [6, 6.07) is 59.6. The Balaban J connectivity index is 1.20. The predicted octanol–water partition coefficient (Wildman–Crippen LogP) is 9.37. The quantitative estimate of drug-likeness (QED) is 0.150. The number of pyridine rings is 1. The van der Waals surface area contributed by atoms with Gasteiger partial charge in [0, 0.05) is 10.8 Å². The number of hydrogen-bond acceptors (Lipinski definition) is 1. The van der Waals surface area contributed by atoms with Gasteiger partial charge >= 0.3 is 0 Å². The van der Waals surface area contributed by atoms with Crippen molar-refractivity contribution in [3.05, 3.63) is 164 Å². The van der Waals surface area contributed by atoms with Crippen LogP contribution in [0.2, 0.25) is 0 Å². The fourth-order valence-corrected chi connectivity index (χ4v) is 8.97. The van der Waals surface area contributed by atoms with Crippen molar-refractivity contribution in [2.45, 2.75) is 0 Å². The minimum Gasteiger partial charge on any atom is -0.292 e. The minimum absolute atomic E-state index is 0.641. The molecular weight excluding hydrogens is 551 g/mol. The molecule has 0 saturated heterocycles. The summed E-state index contributed by atoms with van der Waals surface area (Å²) in [4.78, 5) is 5.07. The highest BCUT2D eigenvalue weighted by Gasteiger charge is 2.17. The van der Waals surface area contributed by atoms with Crippen molar-refractivity contribution in [3.8, 4) is 11.1 Å². The number of hydrogen-bond donors (Lipinski definition) is 0. The lowest BCUT2D eigenvalue weighted by molar-refractivity contribution is 1.31. The van der Waals surface area contributed by atoms with E-state index < -0.39 is 7.92 Å². The van der Waals surface area contributed by atoms with Crippen molar-refractivity contribution in [3.63, 3.8) is 0 Å². The molecule has 0 saturated carbocycles. The Labute approximate surface area is 256 Å². The van der Waals surface area contributed by atoms with Crippen molar-refractivity contribution < 1.29 is 0 Å². The third kappa shape index (κ3) is 4.03. The minimum atomic E-state index is -0.641.